The minimum absolute atomic E-state index is 0.0894. The number of carbonyl (C=O) groups excluding carboxylic acids is 1. The fourth-order valence-electron chi connectivity index (χ4n) is 3.80. The van der Waals surface area contributed by atoms with Gasteiger partial charge in [0.25, 0.3) is 5.91 Å². The summed E-state index contributed by atoms with van der Waals surface area (Å²) in [5, 5.41) is 8.64. The number of pyridine rings is 1. The highest BCUT2D eigenvalue weighted by molar-refractivity contribution is 6.06. The van der Waals surface area contributed by atoms with Gasteiger partial charge >= 0.3 is 0 Å². The van der Waals surface area contributed by atoms with Gasteiger partial charge in [0.05, 0.1) is 16.8 Å². The lowest BCUT2D eigenvalue weighted by molar-refractivity contribution is 0.0736. The van der Waals surface area contributed by atoms with Crippen LogP contribution in [0.25, 0.3) is 10.9 Å². The van der Waals surface area contributed by atoms with Crippen molar-refractivity contribution >= 4 is 16.8 Å². The number of aromatic nitrogens is 3. The average molecular weight is 332 g/mol. The quantitative estimate of drug-likeness (QED) is 0.783. The Kier molecular flexibility index (Phi) is 3.17. The van der Waals surface area contributed by atoms with Gasteiger partial charge in [-0.2, -0.15) is 5.10 Å². The summed E-state index contributed by atoms with van der Waals surface area (Å²) in [5.41, 5.74) is 6.40. The number of benzene rings is 1. The van der Waals surface area contributed by atoms with Gasteiger partial charge in [-0.15, -0.1) is 0 Å². The standard InChI is InChI=1S/C20H20N4O/c1-12-2-5-17-15(10-12)14(6-8-21-17)20(25)24-9-7-18-16(11-24)19(23-22-18)13-3-4-13/h2,5-6,8,10,13H,3-4,7,9,11H2,1H3,(H,22,23). The molecule has 1 amide bonds. The molecule has 0 bridgehead atoms. The maximum Gasteiger partial charge on any atom is 0.254 e. The first-order valence-corrected chi connectivity index (χ1v) is 8.91. The van der Waals surface area contributed by atoms with Gasteiger partial charge in [0.15, 0.2) is 0 Å². The van der Waals surface area contributed by atoms with Crippen molar-refractivity contribution in [2.24, 2.45) is 0 Å². The van der Waals surface area contributed by atoms with Gasteiger partial charge in [0, 0.05) is 48.3 Å². The number of nitrogens with one attached hydrogen (secondary N) is 1. The predicted octanol–water partition coefficient (Wildman–Crippen LogP) is 3.34. The number of hydrogen-bond donors (Lipinski definition) is 1. The van der Waals surface area contributed by atoms with Gasteiger partial charge in [-0.3, -0.25) is 14.9 Å². The number of H-pyrrole nitrogens is 1. The van der Waals surface area contributed by atoms with Crippen LogP contribution in [0.5, 0.6) is 0 Å². The SMILES string of the molecule is Cc1ccc2nccc(C(=O)N3CCc4[nH]nc(C5CC5)c4C3)c2c1. The molecule has 5 heteroatoms. The van der Waals surface area contributed by atoms with E-state index in [4.69, 9.17) is 0 Å². The van der Waals surface area contributed by atoms with Crippen LogP contribution in [0.1, 0.15) is 51.6 Å². The third-order valence-electron chi connectivity index (χ3n) is 5.34. The molecule has 1 saturated carbocycles. The summed E-state index contributed by atoms with van der Waals surface area (Å²) in [5.74, 6) is 0.686. The first kappa shape index (κ1) is 14.6. The van der Waals surface area contributed by atoms with Crippen molar-refractivity contribution in [3.63, 3.8) is 0 Å². The van der Waals surface area contributed by atoms with Crippen LogP contribution in [0.2, 0.25) is 0 Å². The van der Waals surface area contributed by atoms with Crippen LogP contribution in [-0.2, 0) is 13.0 Å². The number of amides is 1. The molecule has 5 nitrogen and oxygen atoms in total. The molecule has 0 saturated heterocycles. The zero-order valence-corrected chi connectivity index (χ0v) is 14.2. The lowest BCUT2D eigenvalue weighted by Crippen LogP contribution is -2.36. The molecule has 0 radical (unpaired) electrons. The van der Waals surface area contributed by atoms with Crippen molar-refractivity contribution in [3.8, 4) is 0 Å². The summed E-state index contributed by atoms with van der Waals surface area (Å²) in [6, 6.07) is 7.91. The van der Waals surface area contributed by atoms with E-state index in [1.807, 2.05) is 30.0 Å². The van der Waals surface area contributed by atoms with Crippen LogP contribution in [0, 0.1) is 6.92 Å². The molecule has 126 valence electrons. The first-order valence-electron chi connectivity index (χ1n) is 8.91. The minimum atomic E-state index is 0.0894. The monoisotopic (exact) mass is 332 g/mol. The lowest BCUT2D eigenvalue weighted by atomic mass is 10.0. The number of fused-ring (bicyclic) bond motifs is 2. The molecule has 25 heavy (non-hydrogen) atoms. The van der Waals surface area contributed by atoms with Crippen molar-refractivity contribution in [1.29, 1.82) is 0 Å². The van der Waals surface area contributed by atoms with Crippen LogP contribution in [-0.4, -0.2) is 32.5 Å². The normalized spacial score (nSPS) is 16.9. The Bertz CT molecular complexity index is 987. The zero-order chi connectivity index (χ0) is 17.0. The second kappa shape index (κ2) is 5.41. The van der Waals surface area contributed by atoms with E-state index >= 15 is 0 Å². The van der Waals surface area contributed by atoms with E-state index < -0.39 is 0 Å². The molecule has 3 heterocycles. The Morgan fingerprint density at radius 1 is 1.28 bits per heavy atom. The largest absolute Gasteiger partial charge is 0.334 e. The number of rotatable bonds is 2. The lowest BCUT2D eigenvalue weighted by Gasteiger charge is -2.27. The Hall–Kier alpha value is -2.69. The smallest absolute Gasteiger partial charge is 0.254 e. The second-order valence-corrected chi connectivity index (χ2v) is 7.20. The number of hydrogen-bond acceptors (Lipinski definition) is 3. The molecule has 1 aliphatic heterocycles. The van der Waals surface area contributed by atoms with Gasteiger partial charge < -0.3 is 4.90 Å². The van der Waals surface area contributed by atoms with E-state index in [2.05, 4.69) is 21.2 Å². The van der Waals surface area contributed by atoms with E-state index in [9.17, 15) is 4.79 Å². The van der Waals surface area contributed by atoms with Crippen molar-refractivity contribution in [1.82, 2.24) is 20.1 Å². The molecule has 2 aliphatic rings. The van der Waals surface area contributed by atoms with Crippen LogP contribution in [0.4, 0.5) is 0 Å². The van der Waals surface area contributed by atoms with Crippen molar-refractivity contribution < 1.29 is 4.79 Å². The molecule has 5 rings (SSSR count). The molecular formula is C20H20N4O. The topological polar surface area (TPSA) is 61.9 Å². The van der Waals surface area contributed by atoms with E-state index in [-0.39, 0.29) is 5.91 Å². The summed E-state index contributed by atoms with van der Waals surface area (Å²) in [4.78, 5) is 19.6. The van der Waals surface area contributed by atoms with Gasteiger partial charge in [-0.05, 0) is 38.0 Å². The van der Waals surface area contributed by atoms with E-state index in [0.29, 0.717) is 12.5 Å². The minimum Gasteiger partial charge on any atom is -0.334 e. The highest BCUT2D eigenvalue weighted by Crippen LogP contribution is 2.42. The van der Waals surface area contributed by atoms with Crippen LogP contribution in [0.15, 0.2) is 30.5 Å². The highest BCUT2D eigenvalue weighted by atomic mass is 16.2. The molecule has 0 spiro atoms. The van der Waals surface area contributed by atoms with Crippen LogP contribution < -0.4 is 0 Å². The predicted molar refractivity (Wildman–Crippen MR) is 95.5 cm³/mol. The van der Waals surface area contributed by atoms with Crippen LogP contribution >= 0.6 is 0 Å². The number of aromatic amines is 1. The molecule has 1 aliphatic carbocycles. The molecule has 0 atom stereocenters. The number of carbonyl (C=O) groups is 1. The number of nitrogens with zero attached hydrogens (tertiary/aromatic N) is 3. The van der Waals surface area contributed by atoms with Gasteiger partial charge in [-0.1, -0.05) is 11.6 Å². The second-order valence-electron chi connectivity index (χ2n) is 7.20. The first-order chi connectivity index (χ1) is 12.2. The summed E-state index contributed by atoms with van der Waals surface area (Å²) < 4.78 is 0. The number of aryl methyl sites for hydroxylation is 1. The molecule has 1 N–H and O–H groups in total. The maximum atomic E-state index is 13.2. The highest BCUT2D eigenvalue weighted by Gasteiger charge is 2.33. The summed E-state index contributed by atoms with van der Waals surface area (Å²) in [7, 11) is 0. The van der Waals surface area contributed by atoms with Crippen LogP contribution in [0.3, 0.4) is 0 Å². The van der Waals surface area contributed by atoms with Gasteiger partial charge in [0.2, 0.25) is 0 Å². The summed E-state index contributed by atoms with van der Waals surface area (Å²) in [6.45, 7) is 3.43. The molecule has 2 aromatic heterocycles. The zero-order valence-electron chi connectivity index (χ0n) is 14.2. The van der Waals surface area contributed by atoms with Gasteiger partial charge in [0.1, 0.15) is 0 Å². The summed E-state index contributed by atoms with van der Waals surface area (Å²) in [6.07, 6.45) is 5.02. The van der Waals surface area contributed by atoms with E-state index in [1.165, 1.54) is 29.8 Å². The van der Waals surface area contributed by atoms with Gasteiger partial charge in [-0.25, -0.2) is 0 Å². The van der Waals surface area contributed by atoms with E-state index in [0.717, 1.165) is 35.0 Å². The van der Waals surface area contributed by atoms with Crippen molar-refractivity contribution in [3.05, 3.63) is 58.5 Å². The summed E-state index contributed by atoms with van der Waals surface area (Å²) >= 11 is 0. The van der Waals surface area contributed by atoms with Crippen molar-refractivity contribution in [2.45, 2.75) is 38.6 Å². The third-order valence-corrected chi connectivity index (χ3v) is 5.34. The maximum absolute atomic E-state index is 13.2. The molecule has 0 unspecified atom stereocenters. The Labute approximate surface area is 146 Å². The van der Waals surface area contributed by atoms with E-state index in [1.54, 1.807) is 6.20 Å². The molecule has 1 aromatic carbocycles. The average Bonchev–Trinajstić information content (AvgIpc) is 3.39. The Balaban J connectivity index is 1.51. The molecule has 3 aromatic rings. The third kappa shape index (κ3) is 2.42. The Morgan fingerprint density at radius 2 is 2.16 bits per heavy atom. The fourth-order valence-corrected chi connectivity index (χ4v) is 3.80. The fraction of sp³-hybridized carbons (Fsp3) is 0.350. The molecule has 1 fully saturated rings. The van der Waals surface area contributed by atoms with Crippen molar-refractivity contribution in [2.75, 3.05) is 6.54 Å². The Morgan fingerprint density at radius 3 is 3.00 bits per heavy atom. The molecular weight excluding hydrogens is 312 g/mol.